The number of morpholine rings is 1. The Kier molecular flexibility index (Phi) is 6.03. The summed E-state index contributed by atoms with van der Waals surface area (Å²) >= 11 is 0. The zero-order chi connectivity index (χ0) is 23.8. The molecule has 0 unspecified atom stereocenters. The Labute approximate surface area is 194 Å². The van der Waals surface area contributed by atoms with Crippen LogP contribution in [0, 0.1) is 17.5 Å². The minimum Gasteiger partial charge on any atom is -0.378 e. The van der Waals surface area contributed by atoms with E-state index in [4.69, 9.17) is 4.74 Å². The van der Waals surface area contributed by atoms with E-state index >= 15 is 0 Å². The molecule has 1 saturated heterocycles. The highest BCUT2D eigenvalue weighted by Gasteiger charge is 2.36. The molecule has 1 aliphatic heterocycles. The summed E-state index contributed by atoms with van der Waals surface area (Å²) in [4.78, 5) is 29.3. The Balaban J connectivity index is 1.32. The quantitative estimate of drug-likeness (QED) is 0.555. The fourth-order valence-electron chi connectivity index (χ4n) is 4.82. The van der Waals surface area contributed by atoms with Crippen LogP contribution in [0.15, 0.2) is 36.4 Å². The molecule has 6 nitrogen and oxygen atoms in total. The first-order valence-electron chi connectivity index (χ1n) is 11.3. The number of hydrogen-bond donors (Lipinski definition) is 2. The number of fused-ring (bicyclic) bond motifs is 1. The second kappa shape index (κ2) is 9.13. The predicted molar refractivity (Wildman–Crippen MR) is 120 cm³/mol. The van der Waals surface area contributed by atoms with Gasteiger partial charge in [-0.2, -0.15) is 0 Å². The van der Waals surface area contributed by atoms with Gasteiger partial charge in [0.2, 0.25) is 11.8 Å². The fourth-order valence-corrected chi connectivity index (χ4v) is 4.82. The molecule has 178 valence electrons. The lowest BCUT2D eigenvalue weighted by Crippen LogP contribution is -2.46. The molecule has 1 saturated carbocycles. The van der Waals surface area contributed by atoms with Gasteiger partial charge in [0.05, 0.1) is 24.4 Å². The van der Waals surface area contributed by atoms with Crippen molar-refractivity contribution in [2.75, 3.05) is 26.3 Å². The maximum absolute atomic E-state index is 14.5. The van der Waals surface area contributed by atoms with E-state index in [1.807, 2.05) is 0 Å². The molecule has 2 fully saturated rings. The van der Waals surface area contributed by atoms with Crippen molar-refractivity contribution in [2.24, 2.45) is 0 Å². The number of ether oxygens (including phenoxy) is 1. The van der Waals surface area contributed by atoms with Crippen LogP contribution < -0.4 is 5.32 Å². The SMILES string of the molecule is O=C(CC(=O)N1CCOCC1)N[C@H]1C[C@H](c2c(-c3ccc(F)cc3)[nH]c3c(F)cc(F)cc32)C1. The topological polar surface area (TPSA) is 74.4 Å². The standard InChI is InChI=1S/C25H24F3N3O3/c26-16-3-1-14(2-4-16)24-23(19-11-17(27)12-20(28)25(19)30-24)15-9-18(10-15)29-21(32)13-22(33)31-5-7-34-8-6-31/h1-4,11-12,15,18,30H,5-10,13H2,(H,29,32)/t15-,18-. The summed E-state index contributed by atoms with van der Waals surface area (Å²) < 4.78 is 47.2. The average molecular weight is 471 g/mol. The summed E-state index contributed by atoms with van der Waals surface area (Å²) in [5.41, 5.74) is 2.21. The smallest absolute Gasteiger partial charge is 0.232 e. The van der Waals surface area contributed by atoms with E-state index in [1.165, 1.54) is 18.2 Å². The van der Waals surface area contributed by atoms with E-state index in [9.17, 15) is 22.8 Å². The molecular formula is C25H24F3N3O3. The number of rotatable bonds is 5. The Morgan fingerprint density at radius 2 is 1.74 bits per heavy atom. The van der Waals surface area contributed by atoms with Crippen LogP contribution in [0.1, 0.15) is 30.7 Å². The van der Waals surface area contributed by atoms with Gasteiger partial charge in [-0.05, 0) is 60.2 Å². The zero-order valence-corrected chi connectivity index (χ0v) is 18.4. The summed E-state index contributed by atoms with van der Waals surface area (Å²) in [5, 5.41) is 3.33. The van der Waals surface area contributed by atoms with Crippen molar-refractivity contribution in [2.45, 2.75) is 31.2 Å². The van der Waals surface area contributed by atoms with Gasteiger partial charge in [-0.25, -0.2) is 13.2 Å². The van der Waals surface area contributed by atoms with Crippen LogP contribution >= 0.6 is 0 Å². The number of benzene rings is 2. The van der Waals surface area contributed by atoms with E-state index in [0.717, 1.165) is 11.6 Å². The summed E-state index contributed by atoms with van der Waals surface area (Å²) in [7, 11) is 0. The second-order valence-electron chi connectivity index (χ2n) is 8.83. The first kappa shape index (κ1) is 22.5. The van der Waals surface area contributed by atoms with Gasteiger partial charge in [0.1, 0.15) is 23.9 Å². The Hall–Kier alpha value is -3.33. The van der Waals surface area contributed by atoms with Gasteiger partial charge in [-0.1, -0.05) is 0 Å². The van der Waals surface area contributed by atoms with E-state index in [1.54, 1.807) is 17.0 Å². The van der Waals surface area contributed by atoms with Crippen LogP contribution in [0.25, 0.3) is 22.2 Å². The lowest BCUT2D eigenvalue weighted by molar-refractivity contribution is -0.139. The number of aromatic nitrogens is 1. The molecule has 2 amide bonds. The molecule has 2 N–H and O–H groups in total. The van der Waals surface area contributed by atoms with Crippen molar-refractivity contribution in [3.63, 3.8) is 0 Å². The number of halogens is 3. The third-order valence-corrected chi connectivity index (χ3v) is 6.58. The number of carbonyl (C=O) groups excluding carboxylic acids is 2. The van der Waals surface area contributed by atoms with Gasteiger partial charge in [0.15, 0.2) is 0 Å². The van der Waals surface area contributed by atoms with Gasteiger partial charge >= 0.3 is 0 Å². The molecule has 2 aromatic carbocycles. The minimum atomic E-state index is -0.699. The van der Waals surface area contributed by atoms with Gasteiger partial charge in [-0.15, -0.1) is 0 Å². The van der Waals surface area contributed by atoms with E-state index in [0.29, 0.717) is 55.8 Å². The van der Waals surface area contributed by atoms with E-state index < -0.39 is 17.5 Å². The number of aromatic amines is 1. The Morgan fingerprint density at radius 1 is 1.03 bits per heavy atom. The summed E-state index contributed by atoms with van der Waals surface area (Å²) in [6, 6.07) is 7.80. The van der Waals surface area contributed by atoms with Gasteiger partial charge in [0.25, 0.3) is 0 Å². The van der Waals surface area contributed by atoms with Crippen molar-refractivity contribution in [1.82, 2.24) is 15.2 Å². The largest absolute Gasteiger partial charge is 0.378 e. The van der Waals surface area contributed by atoms with Crippen LogP contribution in [0.5, 0.6) is 0 Å². The molecular weight excluding hydrogens is 447 g/mol. The highest BCUT2D eigenvalue weighted by molar-refractivity contribution is 5.97. The highest BCUT2D eigenvalue weighted by Crippen LogP contribution is 2.45. The molecule has 2 heterocycles. The number of H-pyrrole nitrogens is 1. The van der Waals surface area contributed by atoms with Crippen LogP contribution in [0.3, 0.4) is 0 Å². The second-order valence-corrected chi connectivity index (χ2v) is 8.83. The molecule has 34 heavy (non-hydrogen) atoms. The number of carbonyl (C=O) groups is 2. The number of nitrogens with zero attached hydrogens (tertiary/aromatic N) is 1. The Bertz CT molecular complexity index is 1230. The first-order valence-corrected chi connectivity index (χ1v) is 11.3. The van der Waals surface area contributed by atoms with Gasteiger partial charge in [0, 0.05) is 30.6 Å². The first-order chi connectivity index (χ1) is 16.4. The molecule has 0 atom stereocenters. The molecule has 2 aliphatic rings. The lowest BCUT2D eigenvalue weighted by atomic mass is 9.74. The average Bonchev–Trinajstić information content (AvgIpc) is 3.16. The third-order valence-electron chi connectivity index (χ3n) is 6.58. The molecule has 3 aromatic rings. The lowest BCUT2D eigenvalue weighted by Gasteiger charge is -2.36. The number of hydrogen-bond acceptors (Lipinski definition) is 3. The molecule has 0 radical (unpaired) electrons. The number of nitrogens with one attached hydrogen (secondary N) is 2. The molecule has 9 heteroatoms. The van der Waals surface area contributed by atoms with Crippen LogP contribution in [-0.2, 0) is 14.3 Å². The normalized spacial score (nSPS) is 20.3. The van der Waals surface area contributed by atoms with Crippen molar-refractivity contribution in [3.05, 3.63) is 59.4 Å². The molecule has 0 spiro atoms. The minimum absolute atomic E-state index is 0.0600. The number of amides is 2. The van der Waals surface area contributed by atoms with Gasteiger partial charge in [-0.3, -0.25) is 9.59 Å². The summed E-state index contributed by atoms with van der Waals surface area (Å²) in [5.74, 6) is -2.39. The van der Waals surface area contributed by atoms with Crippen LogP contribution in [0.4, 0.5) is 13.2 Å². The zero-order valence-electron chi connectivity index (χ0n) is 18.4. The van der Waals surface area contributed by atoms with Crippen LogP contribution in [-0.4, -0.2) is 54.0 Å². The molecule has 1 aliphatic carbocycles. The van der Waals surface area contributed by atoms with Gasteiger partial charge < -0.3 is 19.9 Å². The van der Waals surface area contributed by atoms with Crippen molar-refractivity contribution < 1.29 is 27.5 Å². The van der Waals surface area contributed by atoms with Crippen LogP contribution in [0.2, 0.25) is 0 Å². The Morgan fingerprint density at radius 3 is 2.44 bits per heavy atom. The molecule has 5 rings (SSSR count). The molecule has 0 bridgehead atoms. The fraction of sp³-hybridized carbons (Fsp3) is 0.360. The summed E-state index contributed by atoms with van der Waals surface area (Å²) in [6.07, 6.45) is 0.916. The van der Waals surface area contributed by atoms with Crippen molar-refractivity contribution in [1.29, 1.82) is 0 Å². The van der Waals surface area contributed by atoms with E-state index in [-0.39, 0.29) is 35.7 Å². The highest BCUT2D eigenvalue weighted by atomic mass is 19.1. The maximum Gasteiger partial charge on any atom is 0.232 e. The third kappa shape index (κ3) is 4.40. The summed E-state index contributed by atoms with van der Waals surface area (Å²) in [6.45, 7) is 1.91. The monoisotopic (exact) mass is 471 g/mol. The van der Waals surface area contributed by atoms with Crippen molar-refractivity contribution in [3.8, 4) is 11.3 Å². The molecule has 1 aromatic heterocycles. The van der Waals surface area contributed by atoms with Crippen molar-refractivity contribution >= 4 is 22.7 Å². The maximum atomic E-state index is 14.5. The van der Waals surface area contributed by atoms with E-state index in [2.05, 4.69) is 10.3 Å². The predicted octanol–water partition coefficient (Wildman–Crippen LogP) is 3.86.